The number of aromatic nitrogens is 1. The van der Waals surface area contributed by atoms with Crippen LogP contribution in [0.1, 0.15) is 56.7 Å². The minimum absolute atomic E-state index is 0.119. The van der Waals surface area contributed by atoms with Crippen molar-refractivity contribution in [3.63, 3.8) is 0 Å². The predicted octanol–water partition coefficient (Wildman–Crippen LogP) is 6.35. The highest BCUT2D eigenvalue weighted by Gasteiger charge is 2.41. The summed E-state index contributed by atoms with van der Waals surface area (Å²) in [5.41, 5.74) is 2.47. The molecule has 0 bridgehead atoms. The van der Waals surface area contributed by atoms with E-state index in [-0.39, 0.29) is 5.54 Å². The molecule has 2 heterocycles. The average Bonchev–Trinajstić information content (AvgIpc) is 2.88. The van der Waals surface area contributed by atoms with E-state index in [9.17, 15) is 13.2 Å². The minimum Gasteiger partial charge on any atom is -0.344 e. The Balaban J connectivity index is 1.43. The van der Waals surface area contributed by atoms with Gasteiger partial charge in [0.2, 0.25) is 0 Å². The molecule has 0 unspecified atom stereocenters. The van der Waals surface area contributed by atoms with E-state index in [4.69, 9.17) is 0 Å². The third-order valence-corrected chi connectivity index (χ3v) is 7.66. The van der Waals surface area contributed by atoms with Crippen LogP contribution >= 0.6 is 0 Å². The first-order valence-electron chi connectivity index (χ1n) is 12.8. The van der Waals surface area contributed by atoms with Crippen molar-refractivity contribution in [3.05, 3.63) is 72.2 Å². The molecule has 35 heavy (non-hydrogen) atoms. The lowest BCUT2D eigenvalue weighted by Gasteiger charge is -2.52. The van der Waals surface area contributed by atoms with Crippen LogP contribution in [0.25, 0.3) is 0 Å². The fourth-order valence-corrected chi connectivity index (χ4v) is 5.59. The van der Waals surface area contributed by atoms with Crippen LogP contribution in [0.3, 0.4) is 0 Å². The van der Waals surface area contributed by atoms with Gasteiger partial charge < -0.3 is 4.90 Å². The maximum Gasteiger partial charge on any atom is 0.433 e. The Morgan fingerprint density at radius 1 is 1.00 bits per heavy atom. The van der Waals surface area contributed by atoms with Crippen LogP contribution in [-0.2, 0) is 12.7 Å². The molecule has 1 saturated carbocycles. The second-order valence-corrected chi connectivity index (χ2v) is 9.94. The molecule has 1 aromatic heterocycles. The number of pyridine rings is 1. The van der Waals surface area contributed by atoms with E-state index in [1.54, 1.807) is 6.07 Å². The Kier molecular flexibility index (Phi) is 8.17. The van der Waals surface area contributed by atoms with Crippen LogP contribution in [-0.4, -0.2) is 53.0 Å². The Morgan fingerprint density at radius 2 is 1.69 bits per heavy atom. The van der Waals surface area contributed by atoms with Crippen LogP contribution < -0.4 is 4.90 Å². The van der Waals surface area contributed by atoms with Crippen molar-refractivity contribution in [1.82, 2.24) is 14.8 Å². The zero-order valence-electron chi connectivity index (χ0n) is 20.7. The molecular formula is C28H37F3N4. The quantitative estimate of drug-likeness (QED) is 0.434. The Labute approximate surface area is 207 Å². The number of hydrogen-bond acceptors (Lipinski definition) is 4. The van der Waals surface area contributed by atoms with Gasteiger partial charge in [0.1, 0.15) is 5.69 Å². The van der Waals surface area contributed by atoms with Crippen molar-refractivity contribution in [2.75, 3.05) is 37.6 Å². The largest absolute Gasteiger partial charge is 0.433 e. The summed E-state index contributed by atoms with van der Waals surface area (Å²) in [5, 5.41) is 0. The standard InChI is InChI=1S/C28H37F3N4/c1-3-23(2)35(25-10-6-4-7-11-25)22-27(14-8-5-9-15-27)34-18-16-33(17-19-34)21-24-12-13-26(32-20-24)28(29,30)31/h4,6-7,10-13,20H,2-3,5,8-9,14-19,21-22H2,1H3. The number of anilines is 1. The van der Waals surface area contributed by atoms with Gasteiger partial charge in [-0.1, -0.05) is 57.0 Å². The first-order chi connectivity index (χ1) is 16.8. The van der Waals surface area contributed by atoms with Crippen molar-refractivity contribution >= 4 is 5.69 Å². The van der Waals surface area contributed by atoms with Crippen LogP contribution in [0.2, 0.25) is 0 Å². The van der Waals surface area contributed by atoms with Crippen molar-refractivity contribution < 1.29 is 13.2 Å². The van der Waals surface area contributed by atoms with Crippen molar-refractivity contribution in [2.45, 2.75) is 63.7 Å². The molecule has 0 radical (unpaired) electrons. The van der Waals surface area contributed by atoms with Crippen molar-refractivity contribution in [3.8, 4) is 0 Å². The topological polar surface area (TPSA) is 22.6 Å². The van der Waals surface area contributed by atoms with Crippen molar-refractivity contribution in [1.29, 1.82) is 0 Å². The van der Waals surface area contributed by atoms with E-state index >= 15 is 0 Å². The molecule has 1 aliphatic heterocycles. The van der Waals surface area contributed by atoms with Gasteiger partial charge in [-0.05, 0) is 43.0 Å². The normalized spacial score (nSPS) is 19.4. The number of alkyl halides is 3. The molecule has 7 heteroatoms. The number of nitrogens with zero attached hydrogens (tertiary/aromatic N) is 4. The third kappa shape index (κ3) is 6.25. The fraction of sp³-hybridized carbons (Fsp3) is 0.536. The highest BCUT2D eigenvalue weighted by atomic mass is 19.4. The monoisotopic (exact) mass is 486 g/mol. The lowest BCUT2D eigenvalue weighted by atomic mass is 9.79. The second-order valence-electron chi connectivity index (χ2n) is 9.94. The van der Waals surface area contributed by atoms with E-state index in [2.05, 4.69) is 63.5 Å². The molecule has 0 atom stereocenters. The molecule has 4 nitrogen and oxygen atoms in total. The molecule has 2 aliphatic rings. The highest BCUT2D eigenvalue weighted by Crippen LogP contribution is 2.37. The predicted molar refractivity (Wildman–Crippen MR) is 135 cm³/mol. The number of rotatable bonds is 8. The Bertz CT molecular complexity index is 944. The van der Waals surface area contributed by atoms with Gasteiger partial charge in [-0.25, -0.2) is 0 Å². The average molecular weight is 487 g/mol. The molecule has 0 N–H and O–H groups in total. The first kappa shape index (κ1) is 25.7. The summed E-state index contributed by atoms with van der Waals surface area (Å²) in [6, 6.07) is 13.2. The third-order valence-electron chi connectivity index (χ3n) is 7.66. The molecule has 1 saturated heterocycles. The summed E-state index contributed by atoms with van der Waals surface area (Å²) in [6.45, 7) is 11.9. The van der Waals surface area contributed by atoms with E-state index in [0.717, 1.165) is 56.5 Å². The smallest absolute Gasteiger partial charge is 0.344 e. The van der Waals surface area contributed by atoms with Gasteiger partial charge in [0, 0.05) is 62.4 Å². The van der Waals surface area contributed by atoms with Gasteiger partial charge in [-0.15, -0.1) is 0 Å². The molecular weight excluding hydrogens is 449 g/mol. The lowest BCUT2D eigenvalue weighted by Crippen LogP contribution is -2.61. The molecule has 0 amide bonds. The molecule has 190 valence electrons. The Hall–Kier alpha value is -2.38. The fourth-order valence-electron chi connectivity index (χ4n) is 5.59. The zero-order chi connectivity index (χ0) is 24.9. The number of hydrogen-bond donors (Lipinski definition) is 0. The SMILES string of the molecule is C=C(CC)N(CC1(N2CCN(Cc3ccc(C(F)(F)F)nc3)CC2)CCCCC1)c1ccccc1. The van der Waals surface area contributed by atoms with E-state index in [1.165, 1.54) is 44.0 Å². The van der Waals surface area contributed by atoms with Gasteiger partial charge in [-0.2, -0.15) is 13.2 Å². The molecule has 0 spiro atoms. The van der Waals surface area contributed by atoms with Crippen LogP contribution in [0.15, 0.2) is 60.9 Å². The summed E-state index contributed by atoms with van der Waals surface area (Å²) in [6.07, 6.45) is 4.06. The summed E-state index contributed by atoms with van der Waals surface area (Å²) in [5.74, 6) is 0. The molecule has 1 aromatic carbocycles. The first-order valence-corrected chi connectivity index (χ1v) is 12.8. The molecule has 2 aromatic rings. The molecule has 2 fully saturated rings. The maximum absolute atomic E-state index is 12.8. The van der Waals surface area contributed by atoms with Gasteiger partial charge >= 0.3 is 6.18 Å². The number of allylic oxidation sites excluding steroid dienone is 1. The second kappa shape index (κ2) is 11.1. The van der Waals surface area contributed by atoms with Crippen LogP contribution in [0.5, 0.6) is 0 Å². The molecule has 4 rings (SSSR count). The summed E-state index contributed by atoms with van der Waals surface area (Å²) in [4.78, 5) is 11.1. The van der Waals surface area contributed by atoms with Crippen molar-refractivity contribution in [2.24, 2.45) is 0 Å². The van der Waals surface area contributed by atoms with Gasteiger partial charge in [0.05, 0.1) is 0 Å². The number of benzene rings is 1. The Morgan fingerprint density at radius 3 is 2.26 bits per heavy atom. The van der Waals surface area contributed by atoms with Gasteiger partial charge in [-0.3, -0.25) is 14.8 Å². The summed E-state index contributed by atoms with van der Waals surface area (Å²) in [7, 11) is 0. The molecule has 1 aliphatic carbocycles. The highest BCUT2D eigenvalue weighted by molar-refractivity contribution is 5.52. The maximum atomic E-state index is 12.8. The number of halogens is 3. The number of piperazine rings is 1. The zero-order valence-corrected chi connectivity index (χ0v) is 20.7. The van der Waals surface area contributed by atoms with E-state index in [0.29, 0.717) is 6.54 Å². The minimum atomic E-state index is -4.39. The number of para-hydroxylation sites is 1. The van der Waals surface area contributed by atoms with E-state index in [1.807, 2.05) is 0 Å². The summed E-state index contributed by atoms with van der Waals surface area (Å²) >= 11 is 0. The lowest BCUT2D eigenvalue weighted by molar-refractivity contribution is -0.141. The van der Waals surface area contributed by atoms with E-state index < -0.39 is 11.9 Å². The van der Waals surface area contributed by atoms with Crippen LogP contribution in [0, 0.1) is 0 Å². The van der Waals surface area contributed by atoms with Gasteiger partial charge in [0.15, 0.2) is 0 Å². The van der Waals surface area contributed by atoms with Crippen LogP contribution in [0.4, 0.5) is 18.9 Å². The summed E-state index contributed by atoms with van der Waals surface area (Å²) < 4.78 is 38.5. The van der Waals surface area contributed by atoms with Gasteiger partial charge in [0.25, 0.3) is 0 Å².